The van der Waals surface area contributed by atoms with Gasteiger partial charge in [0.05, 0.1) is 6.61 Å². The predicted molar refractivity (Wildman–Crippen MR) is 90.5 cm³/mol. The zero-order valence-electron chi connectivity index (χ0n) is 15.0. The van der Waals surface area contributed by atoms with E-state index in [1.165, 1.54) is 0 Å². The van der Waals surface area contributed by atoms with E-state index >= 15 is 0 Å². The molecule has 0 aliphatic carbocycles. The molecule has 0 saturated heterocycles. The summed E-state index contributed by atoms with van der Waals surface area (Å²) in [5.74, 6) is 0.199. The number of phenols is 1. The summed E-state index contributed by atoms with van der Waals surface area (Å²) in [6, 6.07) is 4.04. The summed E-state index contributed by atoms with van der Waals surface area (Å²) >= 11 is 0. The number of aromatic hydroxyl groups is 1. The molecule has 1 aromatic rings. The third kappa shape index (κ3) is 4.75. The number of rotatable bonds is 4. The smallest absolute Gasteiger partial charge is 0.306 e. The van der Waals surface area contributed by atoms with Gasteiger partial charge in [0.1, 0.15) is 5.75 Å². The lowest BCUT2D eigenvalue weighted by Gasteiger charge is -2.28. The monoisotopic (exact) mass is 306 g/mol. The lowest BCUT2D eigenvalue weighted by atomic mass is 9.78. The maximum Gasteiger partial charge on any atom is 0.306 e. The first-order valence-electron chi connectivity index (χ1n) is 7.99. The number of esters is 1. The summed E-state index contributed by atoms with van der Waals surface area (Å²) in [5, 5.41) is 10.7. The molecule has 0 heterocycles. The number of carbonyl (C=O) groups is 1. The van der Waals surface area contributed by atoms with Crippen LogP contribution < -0.4 is 0 Å². The molecule has 0 bridgehead atoms. The Balaban J connectivity index is 3.21. The highest BCUT2D eigenvalue weighted by Crippen LogP contribution is 2.39. The summed E-state index contributed by atoms with van der Waals surface area (Å²) in [6.45, 7) is 14.7. The highest BCUT2D eigenvalue weighted by atomic mass is 16.5. The van der Waals surface area contributed by atoms with E-state index in [2.05, 4.69) is 41.5 Å². The molecule has 0 aliphatic heterocycles. The van der Waals surface area contributed by atoms with Gasteiger partial charge in [-0.1, -0.05) is 53.7 Å². The SMILES string of the molecule is CCOC(=O)CCc1cc(C(C)(C)C)c(O)c(C(C)(C)C)c1. The molecule has 0 atom stereocenters. The number of aryl methyl sites for hydroxylation is 1. The Morgan fingerprint density at radius 2 is 1.50 bits per heavy atom. The van der Waals surface area contributed by atoms with Gasteiger partial charge in [0.2, 0.25) is 0 Å². The molecular weight excluding hydrogens is 276 g/mol. The summed E-state index contributed by atoms with van der Waals surface area (Å²) < 4.78 is 4.99. The van der Waals surface area contributed by atoms with Crippen LogP contribution in [0.4, 0.5) is 0 Å². The van der Waals surface area contributed by atoms with Crippen molar-refractivity contribution in [3.63, 3.8) is 0 Å². The van der Waals surface area contributed by atoms with Crippen LogP contribution in [-0.2, 0) is 26.8 Å². The van der Waals surface area contributed by atoms with E-state index in [9.17, 15) is 9.90 Å². The minimum absolute atomic E-state index is 0.149. The van der Waals surface area contributed by atoms with Crippen molar-refractivity contribution in [3.05, 3.63) is 28.8 Å². The van der Waals surface area contributed by atoms with Crippen LogP contribution in [0.1, 0.15) is 71.6 Å². The fourth-order valence-electron chi connectivity index (χ4n) is 2.46. The molecule has 0 aromatic heterocycles. The van der Waals surface area contributed by atoms with Gasteiger partial charge in [0.25, 0.3) is 0 Å². The van der Waals surface area contributed by atoms with Crippen LogP contribution in [-0.4, -0.2) is 17.7 Å². The Morgan fingerprint density at radius 3 is 1.86 bits per heavy atom. The minimum Gasteiger partial charge on any atom is -0.507 e. The largest absolute Gasteiger partial charge is 0.507 e. The van der Waals surface area contributed by atoms with Gasteiger partial charge in [-0.3, -0.25) is 4.79 Å². The van der Waals surface area contributed by atoms with E-state index in [-0.39, 0.29) is 16.8 Å². The maximum atomic E-state index is 11.6. The minimum atomic E-state index is -0.176. The van der Waals surface area contributed by atoms with Crippen molar-refractivity contribution >= 4 is 5.97 Å². The van der Waals surface area contributed by atoms with Crippen LogP contribution in [0.15, 0.2) is 12.1 Å². The molecule has 0 spiro atoms. The van der Waals surface area contributed by atoms with Crippen molar-refractivity contribution in [2.24, 2.45) is 0 Å². The second-order valence-corrected chi connectivity index (χ2v) is 7.84. The van der Waals surface area contributed by atoms with Crippen LogP contribution in [0.5, 0.6) is 5.75 Å². The third-order valence-electron chi connectivity index (χ3n) is 3.71. The Hall–Kier alpha value is -1.51. The number of hydrogen-bond acceptors (Lipinski definition) is 3. The maximum absolute atomic E-state index is 11.6. The molecule has 3 nitrogen and oxygen atoms in total. The van der Waals surface area contributed by atoms with Gasteiger partial charge in [-0.15, -0.1) is 0 Å². The molecule has 3 heteroatoms. The highest BCUT2D eigenvalue weighted by Gasteiger charge is 2.26. The summed E-state index contributed by atoms with van der Waals surface area (Å²) in [7, 11) is 0. The molecule has 0 aliphatic rings. The van der Waals surface area contributed by atoms with Gasteiger partial charge in [0, 0.05) is 6.42 Å². The van der Waals surface area contributed by atoms with E-state index < -0.39 is 0 Å². The highest BCUT2D eigenvalue weighted by molar-refractivity contribution is 5.69. The molecule has 0 unspecified atom stereocenters. The van der Waals surface area contributed by atoms with E-state index in [1.54, 1.807) is 0 Å². The summed E-state index contributed by atoms with van der Waals surface area (Å²) in [4.78, 5) is 11.6. The van der Waals surface area contributed by atoms with Crippen molar-refractivity contribution in [1.29, 1.82) is 0 Å². The number of hydrogen-bond donors (Lipinski definition) is 1. The van der Waals surface area contributed by atoms with Crippen LogP contribution in [0.2, 0.25) is 0 Å². The van der Waals surface area contributed by atoms with E-state index in [0.29, 0.717) is 25.2 Å². The van der Waals surface area contributed by atoms with Crippen molar-refractivity contribution in [3.8, 4) is 5.75 Å². The molecule has 1 aromatic carbocycles. The van der Waals surface area contributed by atoms with Crippen molar-refractivity contribution in [2.75, 3.05) is 6.61 Å². The number of phenolic OH excluding ortho intramolecular Hbond substituents is 1. The van der Waals surface area contributed by atoms with E-state index in [0.717, 1.165) is 16.7 Å². The van der Waals surface area contributed by atoms with E-state index in [4.69, 9.17) is 4.74 Å². The average molecular weight is 306 g/mol. The standard InChI is InChI=1S/C19H30O3/c1-8-22-16(20)10-9-13-11-14(18(2,3)4)17(21)15(12-13)19(5,6)7/h11-12,21H,8-10H2,1-7H3. The van der Waals surface area contributed by atoms with Crippen LogP contribution >= 0.6 is 0 Å². The summed E-state index contributed by atoms with van der Waals surface area (Å²) in [6.07, 6.45) is 0.997. The Kier molecular flexibility index (Phi) is 5.66. The van der Waals surface area contributed by atoms with Gasteiger partial charge in [-0.05, 0) is 40.9 Å². The first-order chi connectivity index (χ1) is 9.96. The number of benzene rings is 1. The second kappa shape index (κ2) is 6.72. The van der Waals surface area contributed by atoms with Crippen LogP contribution in [0.25, 0.3) is 0 Å². The molecule has 0 saturated carbocycles. The lowest BCUT2D eigenvalue weighted by molar-refractivity contribution is -0.143. The zero-order valence-corrected chi connectivity index (χ0v) is 15.0. The second-order valence-electron chi connectivity index (χ2n) is 7.84. The first kappa shape index (κ1) is 18.5. The third-order valence-corrected chi connectivity index (χ3v) is 3.71. The molecule has 22 heavy (non-hydrogen) atoms. The van der Waals surface area contributed by atoms with Gasteiger partial charge < -0.3 is 9.84 Å². The van der Waals surface area contributed by atoms with Crippen molar-refractivity contribution < 1.29 is 14.6 Å². The molecule has 0 fully saturated rings. The van der Waals surface area contributed by atoms with E-state index in [1.807, 2.05) is 19.1 Å². The lowest BCUT2D eigenvalue weighted by Crippen LogP contribution is -2.18. The average Bonchev–Trinajstić information content (AvgIpc) is 2.35. The predicted octanol–water partition coefficient (Wildman–Crippen LogP) is 4.48. The topological polar surface area (TPSA) is 46.5 Å². The molecule has 0 radical (unpaired) electrons. The van der Waals surface area contributed by atoms with Crippen LogP contribution in [0, 0.1) is 0 Å². The van der Waals surface area contributed by atoms with Gasteiger partial charge in [0.15, 0.2) is 0 Å². The van der Waals surface area contributed by atoms with Gasteiger partial charge >= 0.3 is 5.97 Å². The Labute approximate surface area is 134 Å². The van der Waals surface area contributed by atoms with Crippen molar-refractivity contribution in [1.82, 2.24) is 0 Å². The molecular formula is C19H30O3. The summed E-state index contributed by atoms with van der Waals surface area (Å²) in [5.41, 5.74) is 2.63. The molecule has 0 amide bonds. The number of carbonyl (C=O) groups excluding carboxylic acids is 1. The molecule has 1 N–H and O–H groups in total. The first-order valence-corrected chi connectivity index (χ1v) is 7.99. The number of ether oxygens (including phenoxy) is 1. The zero-order chi connectivity index (χ0) is 17.1. The van der Waals surface area contributed by atoms with Gasteiger partial charge in [-0.25, -0.2) is 0 Å². The Bertz CT molecular complexity index is 496. The normalized spacial score (nSPS) is 12.3. The fraction of sp³-hybridized carbons (Fsp3) is 0.632. The molecule has 1 rings (SSSR count). The van der Waals surface area contributed by atoms with Crippen LogP contribution in [0.3, 0.4) is 0 Å². The fourth-order valence-corrected chi connectivity index (χ4v) is 2.46. The quantitative estimate of drug-likeness (QED) is 0.834. The molecule has 124 valence electrons. The Morgan fingerprint density at radius 1 is 1.05 bits per heavy atom. The van der Waals surface area contributed by atoms with Crippen molar-refractivity contribution in [2.45, 2.75) is 72.1 Å². The van der Waals surface area contributed by atoms with Gasteiger partial charge in [-0.2, -0.15) is 0 Å².